The summed E-state index contributed by atoms with van der Waals surface area (Å²) < 4.78 is 37.7. The van der Waals surface area contributed by atoms with Crippen molar-refractivity contribution in [3.8, 4) is 28.3 Å². The lowest BCUT2D eigenvalue weighted by atomic mass is 9.95. The van der Waals surface area contributed by atoms with E-state index < -0.39 is 17.5 Å². The van der Waals surface area contributed by atoms with E-state index in [1.165, 1.54) is 23.5 Å². The van der Waals surface area contributed by atoms with Gasteiger partial charge in [-0.2, -0.15) is 0 Å². The lowest BCUT2D eigenvalue weighted by Gasteiger charge is -2.31. The fourth-order valence-electron chi connectivity index (χ4n) is 5.72. The number of hydrogen-bond acceptors (Lipinski definition) is 10. The summed E-state index contributed by atoms with van der Waals surface area (Å²) in [6.07, 6.45) is 0.657. The molecule has 4 heterocycles. The van der Waals surface area contributed by atoms with Gasteiger partial charge in [0.15, 0.2) is 0 Å². The number of fused-ring (bicyclic) bond motifs is 2. The predicted octanol–water partition coefficient (Wildman–Crippen LogP) is 5.94. The number of benzene rings is 2. The van der Waals surface area contributed by atoms with Crippen LogP contribution in [0.5, 0.6) is 5.75 Å². The standard InChI is InChI=1S/C35H40FN5O6S/c1-35(2,3)47-34(43)41-13-9-22-18-23(4-5-24(22)21-41)30-28-10-17-48-32(28)31(40-39-30)27-7-6-25(36)19-29(27)45-16-15-44-14-12-38-33(42)46-26-8-11-37-20-26/h4-7,10,17-19,26,37H,8-9,11-16,20-21H2,1-3H3,(H,38,42). The van der Waals surface area contributed by atoms with Crippen molar-refractivity contribution in [1.82, 2.24) is 25.7 Å². The van der Waals surface area contributed by atoms with Crippen LogP contribution in [0.2, 0.25) is 0 Å². The molecule has 13 heteroatoms. The topological polar surface area (TPSA) is 124 Å². The van der Waals surface area contributed by atoms with Gasteiger partial charge in [-0.15, -0.1) is 21.5 Å². The number of hydrogen-bond donors (Lipinski definition) is 2. The Hall–Kier alpha value is -4.33. The minimum atomic E-state index is -0.545. The van der Waals surface area contributed by atoms with E-state index in [-0.39, 0.29) is 32.0 Å². The SMILES string of the molecule is CC(C)(C)OC(=O)N1CCc2cc(-c3nnc(-c4ccc(F)cc4OCCOCCNC(=O)OC4CCNC4)c4sccc34)ccc2C1. The summed E-state index contributed by atoms with van der Waals surface area (Å²) in [5.41, 5.74) is 4.62. The smallest absolute Gasteiger partial charge is 0.410 e. The molecular weight excluding hydrogens is 637 g/mol. The molecule has 1 unspecified atom stereocenters. The Morgan fingerprint density at radius 1 is 1.06 bits per heavy atom. The van der Waals surface area contributed by atoms with Gasteiger partial charge in [-0.05, 0) is 80.9 Å². The van der Waals surface area contributed by atoms with Crippen molar-refractivity contribution in [2.24, 2.45) is 0 Å². The number of rotatable bonds is 10. The maximum atomic E-state index is 14.3. The molecule has 11 nitrogen and oxygen atoms in total. The number of alkyl carbamates (subject to hydrolysis) is 1. The molecule has 0 aliphatic carbocycles. The van der Waals surface area contributed by atoms with E-state index in [2.05, 4.69) is 26.9 Å². The summed E-state index contributed by atoms with van der Waals surface area (Å²) >= 11 is 1.53. The van der Waals surface area contributed by atoms with Gasteiger partial charge in [-0.3, -0.25) is 0 Å². The zero-order chi connectivity index (χ0) is 33.7. The fraction of sp³-hybridized carbons (Fsp3) is 0.429. The molecule has 1 fully saturated rings. The van der Waals surface area contributed by atoms with E-state index >= 15 is 0 Å². The van der Waals surface area contributed by atoms with Crippen molar-refractivity contribution in [3.05, 3.63) is 64.8 Å². The molecule has 48 heavy (non-hydrogen) atoms. The second kappa shape index (κ2) is 14.8. The Morgan fingerprint density at radius 2 is 1.92 bits per heavy atom. The van der Waals surface area contributed by atoms with Crippen LogP contribution in [-0.4, -0.2) is 85.0 Å². The Kier molecular flexibility index (Phi) is 10.4. The van der Waals surface area contributed by atoms with Crippen molar-refractivity contribution in [2.45, 2.75) is 51.9 Å². The summed E-state index contributed by atoms with van der Waals surface area (Å²) in [6, 6.07) is 12.6. The zero-order valence-corrected chi connectivity index (χ0v) is 28.2. The van der Waals surface area contributed by atoms with Crippen LogP contribution in [0.25, 0.3) is 32.6 Å². The van der Waals surface area contributed by atoms with E-state index in [1.807, 2.05) is 44.4 Å². The van der Waals surface area contributed by atoms with E-state index in [1.54, 1.807) is 11.0 Å². The second-order valence-electron chi connectivity index (χ2n) is 12.7. The minimum absolute atomic E-state index is 0.0971. The fourth-order valence-corrected chi connectivity index (χ4v) is 6.62. The molecule has 6 rings (SSSR count). The van der Waals surface area contributed by atoms with Crippen LogP contribution < -0.4 is 15.4 Å². The first-order valence-electron chi connectivity index (χ1n) is 16.1. The first-order valence-corrected chi connectivity index (χ1v) is 17.0. The van der Waals surface area contributed by atoms with Crippen molar-refractivity contribution in [3.63, 3.8) is 0 Å². The van der Waals surface area contributed by atoms with Gasteiger partial charge in [-0.25, -0.2) is 14.0 Å². The first-order chi connectivity index (χ1) is 23.1. The van der Waals surface area contributed by atoms with Crippen LogP contribution in [0.3, 0.4) is 0 Å². The molecule has 2 N–H and O–H groups in total. The first kappa shape index (κ1) is 33.6. The van der Waals surface area contributed by atoms with Crippen molar-refractivity contribution in [1.29, 1.82) is 0 Å². The number of aromatic nitrogens is 2. The maximum absolute atomic E-state index is 14.3. The molecule has 2 aromatic carbocycles. The van der Waals surface area contributed by atoms with E-state index in [0.717, 1.165) is 45.4 Å². The molecule has 0 spiro atoms. The number of halogens is 1. The van der Waals surface area contributed by atoms with E-state index in [9.17, 15) is 14.0 Å². The average molecular weight is 678 g/mol. The summed E-state index contributed by atoms with van der Waals surface area (Å²) in [4.78, 5) is 26.2. The molecule has 2 amide bonds. The van der Waals surface area contributed by atoms with Gasteiger partial charge in [-0.1, -0.05) is 12.1 Å². The van der Waals surface area contributed by atoms with Gasteiger partial charge in [0.1, 0.15) is 41.3 Å². The molecule has 0 saturated carbocycles. The number of amides is 2. The number of nitrogens with zero attached hydrogens (tertiary/aromatic N) is 3. The van der Waals surface area contributed by atoms with E-state index in [4.69, 9.17) is 18.9 Å². The Labute approximate surface area is 282 Å². The number of nitrogens with one attached hydrogen (secondary N) is 2. The second-order valence-corrected chi connectivity index (χ2v) is 13.7. The summed E-state index contributed by atoms with van der Waals surface area (Å²) in [6.45, 7) is 9.19. The lowest BCUT2D eigenvalue weighted by Crippen LogP contribution is -2.39. The average Bonchev–Trinajstić information content (AvgIpc) is 3.76. The number of ether oxygens (including phenoxy) is 4. The third-order valence-electron chi connectivity index (χ3n) is 8.02. The largest absolute Gasteiger partial charge is 0.490 e. The Morgan fingerprint density at radius 3 is 2.73 bits per heavy atom. The quantitative estimate of drug-likeness (QED) is 0.196. The highest BCUT2D eigenvalue weighted by Crippen LogP contribution is 2.40. The molecule has 0 radical (unpaired) electrons. The summed E-state index contributed by atoms with van der Waals surface area (Å²) in [7, 11) is 0. The molecule has 2 aromatic heterocycles. The molecule has 0 bridgehead atoms. The molecule has 1 atom stereocenters. The van der Waals surface area contributed by atoms with Crippen LogP contribution in [0.1, 0.15) is 38.3 Å². The normalized spacial score (nSPS) is 16.1. The van der Waals surface area contributed by atoms with Crippen molar-refractivity contribution < 1.29 is 32.9 Å². The number of thiophene rings is 1. The molecule has 2 aliphatic rings. The summed E-state index contributed by atoms with van der Waals surface area (Å²) in [5, 5.41) is 18.0. The minimum Gasteiger partial charge on any atom is -0.490 e. The summed E-state index contributed by atoms with van der Waals surface area (Å²) in [5.74, 6) is -0.0910. The highest BCUT2D eigenvalue weighted by atomic mass is 32.1. The van der Waals surface area contributed by atoms with Crippen LogP contribution in [-0.2, 0) is 27.2 Å². The Balaban J connectivity index is 1.10. The van der Waals surface area contributed by atoms with E-state index in [0.29, 0.717) is 49.6 Å². The number of carbonyl (C=O) groups is 2. The van der Waals surface area contributed by atoms with Gasteiger partial charge >= 0.3 is 12.2 Å². The van der Waals surface area contributed by atoms with Gasteiger partial charge in [0.2, 0.25) is 0 Å². The molecular formula is C35H40FN5O6S. The van der Waals surface area contributed by atoms with Crippen LogP contribution in [0, 0.1) is 5.82 Å². The van der Waals surface area contributed by atoms with Crippen LogP contribution in [0.4, 0.5) is 14.0 Å². The van der Waals surface area contributed by atoms with Crippen LogP contribution >= 0.6 is 11.3 Å². The maximum Gasteiger partial charge on any atom is 0.410 e. The van der Waals surface area contributed by atoms with Gasteiger partial charge in [0, 0.05) is 48.8 Å². The highest BCUT2D eigenvalue weighted by molar-refractivity contribution is 7.17. The predicted molar refractivity (Wildman–Crippen MR) is 181 cm³/mol. The molecule has 254 valence electrons. The van der Waals surface area contributed by atoms with Crippen molar-refractivity contribution >= 4 is 33.6 Å². The van der Waals surface area contributed by atoms with Gasteiger partial charge < -0.3 is 34.5 Å². The lowest BCUT2D eigenvalue weighted by molar-refractivity contribution is 0.0224. The van der Waals surface area contributed by atoms with Crippen molar-refractivity contribution in [2.75, 3.05) is 46.0 Å². The molecule has 4 aromatic rings. The highest BCUT2D eigenvalue weighted by Gasteiger charge is 2.26. The van der Waals surface area contributed by atoms with Crippen LogP contribution in [0.15, 0.2) is 47.8 Å². The molecule has 1 saturated heterocycles. The Bertz CT molecular complexity index is 1770. The number of carbonyl (C=O) groups excluding carboxylic acids is 2. The third-order valence-corrected chi connectivity index (χ3v) is 8.94. The molecule has 2 aliphatic heterocycles. The third kappa shape index (κ3) is 8.20. The van der Waals surface area contributed by atoms with Gasteiger partial charge in [0.05, 0.1) is 17.9 Å². The monoisotopic (exact) mass is 677 g/mol. The van der Waals surface area contributed by atoms with Gasteiger partial charge in [0.25, 0.3) is 0 Å². The zero-order valence-electron chi connectivity index (χ0n) is 27.3.